The smallest absolute Gasteiger partial charge is 0.124 e. The molecule has 0 saturated carbocycles. The number of hydrogen-bond donors (Lipinski definition) is 1. The third kappa shape index (κ3) is 3.96. The third-order valence-corrected chi connectivity index (χ3v) is 3.20. The van der Waals surface area contributed by atoms with Crippen LogP contribution in [-0.2, 0) is 6.42 Å². The summed E-state index contributed by atoms with van der Waals surface area (Å²) in [6, 6.07) is 14.2. The first-order chi connectivity index (χ1) is 10.1. The number of ether oxygens (including phenoxy) is 1. The van der Waals surface area contributed by atoms with E-state index in [1.54, 1.807) is 13.2 Å². The van der Waals surface area contributed by atoms with Gasteiger partial charge in [-0.1, -0.05) is 12.1 Å². The number of anilines is 1. The molecule has 0 fully saturated rings. The lowest BCUT2D eigenvalue weighted by Crippen LogP contribution is -2.18. The van der Waals surface area contributed by atoms with E-state index in [0.29, 0.717) is 11.3 Å². The van der Waals surface area contributed by atoms with E-state index in [1.807, 2.05) is 37.3 Å². The quantitative estimate of drug-likeness (QED) is 0.909. The average molecular weight is 284 g/mol. The number of methoxy groups -OCH3 is 1. The highest BCUT2D eigenvalue weighted by Gasteiger charge is 2.08. The maximum absolute atomic E-state index is 13.1. The Kier molecular flexibility index (Phi) is 4.78. The summed E-state index contributed by atoms with van der Waals surface area (Å²) in [6.45, 7) is 2.02. The lowest BCUT2D eigenvalue weighted by atomic mass is 10.1. The van der Waals surface area contributed by atoms with Crippen molar-refractivity contribution < 1.29 is 9.13 Å². The van der Waals surface area contributed by atoms with Crippen molar-refractivity contribution in [2.45, 2.75) is 19.4 Å². The van der Waals surface area contributed by atoms with Crippen LogP contribution in [0.25, 0.3) is 0 Å². The van der Waals surface area contributed by atoms with Gasteiger partial charge in [-0.3, -0.25) is 0 Å². The van der Waals surface area contributed by atoms with E-state index in [9.17, 15) is 4.39 Å². The Hall–Kier alpha value is -2.54. The van der Waals surface area contributed by atoms with Crippen LogP contribution in [0, 0.1) is 17.1 Å². The highest BCUT2D eigenvalue weighted by atomic mass is 19.1. The topological polar surface area (TPSA) is 45.0 Å². The van der Waals surface area contributed by atoms with Crippen LogP contribution in [0.2, 0.25) is 0 Å². The predicted octanol–water partition coefficient (Wildman–Crippen LogP) is 3.75. The molecular weight excluding hydrogens is 267 g/mol. The van der Waals surface area contributed by atoms with Gasteiger partial charge >= 0.3 is 0 Å². The Morgan fingerprint density at radius 1 is 1.24 bits per heavy atom. The van der Waals surface area contributed by atoms with Crippen molar-refractivity contribution in [3.8, 4) is 11.8 Å². The molecule has 0 aliphatic rings. The van der Waals surface area contributed by atoms with Crippen molar-refractivity contribution in [3.63, 3.8) is 0 Å². The Morgan fingerprint density at radius 3 is 2.57 bits per heavy atom. The Bertz CT molecular complexity index is 647. The summed E-state index contributed by atoms with van der Waals surface area (Å²) < 4.78 is 18.2. The van der Waals surface area contributed by atoms with E-state index in [-0.39, 0.29) is 6.04 Å². The second kappa shape index (κ2) is 6.76. The van der Waals surface area contributed by atoms with E-state index >= 15 is 0 Å². The van der Waals surface area contributed by atoms with Crippen molar-refractivity contribution in [3.05, 3.63) is 59.4 Å². The van der Waals surface area contributed by atoms with Crippen LogP contribution in [-0.4, -0.2) is 13.2 Å². The zero-order valence-corrected chi connectivity index (χ0v) is 12.1. The van der Waals surface area contributed by atoms with Gasteiger partial charge in [-0.2, -0.15) is 5.26 Å². The molecule has 2 aromatic carbocycles. The fourth-order valence-corrected chi connectivity index (χ4v) is 2.17. The average Bonchev–Trinajstić information content (AvgIpc) is 2.49. The molecule has 1 atom stereocenters. The van der Waals surface area contributed by atoms with Crippen LogP contribution in [0.5, 0.6) is 5.75 Å². The molecule has 0 heterocycles. The molecule has 0 amide bonds. The van der Waals surface area contributed by atoms with E-state index in [4.69, 9.17) is 10.00 Å². The van der Waals surface area contributed by atoms with Gasteiger partial charge in [0.1, 0.15) is 17.6 Å². The van der Waals surface area contributed by atoms with Crippen LogP contribution in [0.4, 0.5) is 10.1 Å². The minimum absolute atomic E-state index is 0.121. The van der Waals surface area contributed by atoms with E-state index in [0.717, 1.165) is 17.7 Å². The molecule has 0 radical (unpaired) electrons. The fraction of sp³-hybridized carbons (Fsp3) is 0.235. The molecule has 0 aromatic heterocycles. The normalized spacial score (nSPS) is 11.5. The second-order valence-electron chi connectivity index (χ2n) is 4.90. The number of hydrogen-bond acceptors (Lipinski definition) is 3. The van der Waals surface area contributed by atoms with Gasteiger partial charge in [0.15, 0.2) is 0 Å². The highest BCUT2D eigenvalue weighted by Crippen LogP contribution is 2.19. The van der Waals surface area contributed by atoms with Crippen molar-refractivity contribution >= 4 is 5.69 Å². The first-order valence-electron chi connectivity index (χ1n) is 6.71. The van der Waals surface area contributed by atoms with Gasteiger partial charge in [0, 0.05) is 6.04 Å². The Labute approximate surface area is 124 Å². The Balaban J connectivity index is 2.04. The summed E-state index contributed by atoms with van der Waals surface area (Å²) in [5.74, 6) is 0.421. The monoisotopic (exact) mass is 284 g/mol. The summed E-state index contributed by atoms with van der Waals surface area (Å²) in [5, 5.41) is 12.3. The first kappa shape index (κ1) is 14.9. The zero-order chi connectivity index (χ0) is 15.2. The molecule has 2 aromatic rings. The minimum Gasteiger partial charge on any atom is -0.497 e. The molecule has 0 saturated heterocycles. The number of benzene rings is 2. The molecule has 0 aliphatic heterocycles. The molecule has 1 unspecified atom stereocenters. The molecule has 1 N–H and O–H groups in total. The summed E-state index contributed by atoms with van der Waals surface area (Å²) in [5.41, 5.74) is 2.13. The van der Waals surface area contributed by atoms with Crippen LogP contribution >= 0.6 is 0 Å². The van der Waals surface area contributed by atoms with Gasteiger partial charge in [0.25, 0.3) is 0 Å². The van der Waals surface area contributed by atoms with Gasteiger partial charge in [-0.05, 0) is 49.2 Å². The number of rotatable bonds is 5. The van der Waals surface area contributed by atoms with Crippen LogP contribution in [0.15, 0.2) is 42.5 Å². The van der Waals surface area contributed by atoms with E-state index < -0.39 is 5.82 Å². The SMILES string of the molecule is COc1ccc(CC(C)Nc2ccc(F)cc2C#N)cc1. The van der Waals surface area contributed by atoms with Crippen LogP contribution in [0.1, 0.15) is 18.1 Å². The number of nitrogens with zero attached hydrogens (tertiary/aromatic N) is 1. The lowest BCUT2D eigenvalue weighted by molar-refractivity contribution is 0.414. The lowest BCUT2D eigenvalue weighted by Gasteiger charge is -2.16. The molecular formula is C17H17FN2O. The van der Waals surface area contributed by atoms with Gasteiger partial charge < -0.3 is 10.1 Å². The predicted molar refractivity (Wildman–Crippen MR) is 80.9 cm³/mol. The van der Waals surface area contributed by atoms with Crippen molar-refractivity contribution in [2.75, 3.05) is 12.4 Å². The van der Waals surface area contributed by atoms with Gasteiger partial charge in [-0.15, -0.1) is 0 Å². The number of nitrogens with one attached hydrogen (secondary N) is 1. The number of halogens is 1. The molecule has 0 aliphatic carbocycles. The molecule has 108 valence electrons. The largest absolute Gasteiger partial charge is 0.497 e. The van der Waals surface area contributed by atoms with Gasteiger partial charge in [-0.25, -0.2) is 4.39 Å². The molecule has 21 heavy (non-hydrogen) atoms. The minimum atomic E-state index is -0.403. The summed E-state index contributed by atoms with van der Waals surface area (Å²) in [4.78, 5) is 0. The molecule has 4 heteroatoms. The first-order valence-corrected chi connectivity index (χ1v) is 6.71. The van der Waals surface area contributed by atoms with E-state index in [2.05, 4.69) is 5.32 Å². The maximum Gasteiger partial charge on any atom is 0.124 e. The van der Waals surface area contributed by atoms with Gasteiger partial charge in [0.05, 0.1) is 18.4 Å². The van der Waals surface area contributed by atoms with Crippen molar-refractivity contribution in [1.29, 1.82) is 5.26 Å². The van der Waals surface area contributed by atoms with Crippen molar-refractivity contribution in [2.24, 2.45) is 0 Å². The molecule has 0 bridgehead atoms. The van der Waals surface area contributed by atoms with Crippen LogP contribution < -0.4 is 10.1 Å². The molecule has 0 spiro atoms. The van der Waals surface area contributed by atoms with Crippen molar-refractivity contribution in [1.82, 2.24) is 0 Å². The zero-order valence-electron chi connectivity index (χ0n) is 12.1. The molecule has 2 rings (SSSR count). The summed E-state index contributed by atoms with van der Waals surface area (Å²) >= 11 is 0. The Morgan fingerprint density at radius 2 is 1.95 bits per heavy atom. The highest BCUT2D eigenvalue weighted by molar-refractivity contribution is 5.58. The maximum atomic E-state index is 13.1. The van der Waals surface area contributed by atoms with E-state index in [1.165, 1.54) is 12.1 Å². The van der Waals surface area contributed by atoms with Gasteiger partial charge in [0.2, 0.25) is 0 Å². The number of nitriles is 1. The third-order valence-electron chi connectivity index (χ3n) is 3.20. The standard InChI is InChI=1S/C17H17FN2O/c1-12(9-13-3-6-16(21-2)7-4-13)20-17-8-5-15(18)10-14(17)11-19/h3-8,10,12,20H,9H2,1-2H3. The fourth-order valence-electron chi connectivity index (χ4n) is 2.17. The van der Waals surface area contributed by atoms with Crippen LogP contribution in [0.3, 0.4) is 0 Å². The molecule has 3 nitrogen and oxygen atoms in total. The second-order valence-corrected chi connectivity index (χ2v) is 4.90. The summed E-state index contributed by atoms with van der Waals surface area (Å²) in [6.07, 6.45) is 0.798. The summed E-state index contributed by atoms with van der Waals surface area (Å²) in [7, 11) is 1.64.